The van der Waals surface area contributed by atoms with Crippen LogP contribution in [-0.2, 0) is 17.9 Å². The molecule has 192 valence electrons. The molecule has 2 aliphatic rings. The standard InChI is InChI=1S/C28H31N5O4/c1-4-37-22-13-9-20(10-14-22)31-25(34)23-24-26(35)33(21-11-12-21)28(3,16-32(24)17-30-23)27(36)29-15-19-7-5-18(2)6-8-19/h5-10,13-14,17,21H,4,11-12,15-16H2,1-3H3,(H,29,36)(H,31,34). The summed E-state index contributed by atoms with van der Waals surface area (Å²) in [6.45, 7) is 6.84. The summed E-state index contributed by atoms with van der Waals surface area (Å²) >= 11 is 0. The lowest BCUT2D eigenvalue weighted by molar-refractivity contribution is -0.133. The number of benzene rings is 2. The first kappa shape index (κ1) is 24.5. The molecule has 2 N–H and O–H groups in total. The maximum Gasteiger partial charge on any atom is 0.276 e. The monoisotopic (exact) mass is 501 g/mol. The van der Waals surface area contributed by atoms with E-state index in [1.807, 2.05) is 38.1 Å². The number of aromatic nitrogens is 2. The number of nitrogens with one attached hydrogen (secondary N) is 2. The Hall–Kier alpha value is -4.14. The van der Waals surface area contributed by atoms with Crippen LogP contribution in [0, 0.1) is 6.92 Å². The first-order valence-electron chi connectivity index (χ1n) is 12.6. The zero-order valence-corrected chi connectivity index (χ0v) is 21.3. The van der Waals surface area contributed by atoms with E-state index in [-0.39, 0.29) is 35.8 Å². The molecule has 3 aromatic rings. The molecule has 1 aromatic heterocycles. The molecule has 1 aliphatic heterocycles. The molecule has 1 aliphatic carbocycles. The summed E-state index contributed by atoms with van der Waals surface area (Å²) < 4.78 is 7.07. The van der Waals surface area contributed by atoms with Crippen LogP contribution in [0.25, 0.3) is 0 Å². The van der Waals surface area contributed by atoms with Gasteiger partial charge in [-0.3, -0.25) is 14.4 Å². The van der Waals surface area contributed by atoms with Crippen molar-refractivity contribution in [1.82, 2.24) is 19.8 Å². The first-order chi connectivity index (χ1) is 17.8. The second-order valence-corrected chi connectivity index (χ2v) is 9.83. The Balaban J connectivity index is 1.36. The maximum atomic E-state index is 13.8. The predicted molar refractivity (Wildman–Crippen MR) is 138 cm³/mol. The van der Waals surface area contributed by atoms with Gasteiger partial charge in [0.1, 0.15) is 17.0 Å². The van der Waals surface area contributed by atoms with E-state index in [1.54, 1.807) is 40.7 Å². The fourth-order valence-corrected chi connectivity index (χ4v) is 4.79. The Morgan fingerprint density at radius 1 is 1.11 bits per heavy atom. The van der Waals surface area contributed by atoms with E-state index < -0.39 is 11.4 Å². The van der Waals surface area contributed by atoms with Crippen LogP contribution in [0.5, 0.6) is 5.75 Å². The molecule has 0 saturated heterocycles. The number of nitrogens with zero attached hydrogens (tertiary/aromatic N) is 3. The van der Waals surface area contributed by atoms with Crippen LogP contribution in [0.3, 0.4) is 0 Å². The van der Waals surface area contributed by atoms with Crippen molar-refractivity contribution in [3.63, 3.8) is 0 Å². The normalized spacial score (nSPS) is 18.8. The Labute approximate surface area is 215 Å². The van der Waals surface area contributed by atoms with Gasteiger partial charge in [0, 0.05) is 18.3 Å². The molecule has 9 heteroatoms. The molecule has 3 amide bonds. The summed E-state index contributed by atoms with van der Waals surface area (Å²) in [5.74, 6) is -0.353. The van der Waals surface area contributed by atoms with E-state index in [9.17, 15) is 14.4 Å². The lowest BCUT2D eigenvalue weighted by Gasteiger charge is -2.44. The van der Waals surface area contributed by atoms with E-state index >= 15 is 0 Å². The van der Waals surface area contributed by atoms with Crippen molar-refractivity contribution in [3.8, 4) is 5.75 Å². The number of anilines is 1. The highest BCUT2D eigenvalue weighted by atomic mass is 16.5. The molecule has 5 rings (SSSR count). The molecule has 9 nitrogen and oxygen atoms in total. The average molecular weight is 502 g/mol. The van der Waals surface area contributed by atoms with Crippen LogP contribution in [0.4, 0.5) is 5.69 Å². The number of fused-ring (bicyclic) bond motifs is 1. The van der Waals surface area contributed by atoms with Gasteiger partial charge in [-0.1, -0.05) is 29.8 Å². The van der Waals surface area contributed by atoms with Gasteiger partial charge in [-0.05, 0) is 63.4 Å². The number of hydrogen-bond donors (Lipinski definition) is 2. The van der Waals surface area contributed by atoms with Crippen LogP contribution in [-0.4, -0.2) is 50.4 Å². The average Bonchev–Trinajstić information content (AvgIpc) is 3.62. The Bertz CT molecular complexity index is 1330. The van der Waals surface area contributed by atoms with E-state index in [1.165, 1.54) is 6.33 Å². The van der Waals surface area contributed by atoms with Crippen LogP contribution in [0.15, 0.2) is 54.9 Å². The Morgan fingerprint density at radius 2 is 1.81 bits per heavy atom. The number of ether oxygens (including phenoxy) is 1. The van der Waals surface area contributed by atoms with Gasteiger partial charge < -0.3 is 24.8 Å². The van der Waals surface area contributed by atoms with Crippen molar-refractivity contribution in [2.75, 3.05) is 11.9 Å². The molecule has 0 bridgehead atoms. The molecule has 2 aromatic carbocycles. The van der Waals surface area contributed by atoms with Crippen LogP contribution >= 0.6 is 0 Å². The van der Waals surface area contributed by atoms with Crippen LogP contribution in [0.1, 0.15) is 58.8 Å². The van der Waals surface area contributed by atoms with Crippen molar-refractivity contribution in [1.29, 1.82) is 0 Å². The topological polar surface area (TPSA) is 106 Å². The van der Waals surface area contributed by atoms with Gasteiger partial charge >= 0.3 is 0 Å². The summed E-state index contributed by atoms with van der Waals surface area (Å²) in [4.78, 5) is 46.3. The number of imidazole rings is 1. The van der Waals surface area contributed by atoms with Gasteiger partial charge in [0.25, 0.3) is 11.8 Å². The second-order valence-electron chi connectivity index (χ2n) is 9.83. The number of rotatable bonds is 8. The molecule has 37 heavy (non-hydrogen) atoms. The third kappa shape index (κ3) is 4.81. The van der Waals surface area contributed by atoms with Crippen LogP contribution in [0.2, 0.25) is 0 Å². The number of carbonyl (C=O) groups excluding carboxylic acids is 3. The second kappa shape index (κ2) is 9.72. The molecule has 1 fully saturated rings. The Morgan fingerprint density at radius 3 is 2.46 bits per heavy atom. The lowest BCUT2D eigenvalue weighted by Crippen LogP contribution is -2.64. The van der Waals surface area contributed by atoms with Gasteiger partial charge in [0.05, 0.1) is 19.5 Å². The highest BCUT2D eigenvalue weighted by Crippen LogP contribution is 2.39. The minimum Gasteiger partial charge on any atom is -0.494 e. The van der Waals surface area contributed by atoms with E-state index in [2.05, 4.69) is 15.6 Å². The molecule has 0 radical (unpaired) electrons. The van der Waals surface area contributed by atoms with Crippen molar-refractivity contribution in [2.24, 2.45) is 0 Å². The quantitative estimate of drug-likeness (QED) is 0.491. The number of aryl methyl sites for hydroxylation is 1. The van der Waals surface area contributed by atoms with E-state index in [0.29, 0.717) is 24.6 Å². The van der Waals surface area contributed by atoms with Gasteiger partial charge in [0.2, 0.25) is 5.91 Å². The van der Waals surface area contributed by atoms with Crippen molar-refractivity contribution < 1.29 is 19.1 Å². The van der Waals surface area contributed by atoms with Gasteiger partial charge in [0.15, 0.2) is 5.69 Å². The minimum absolute atomic E-state index is 0.0340. The van der Waals surface area contributed by atoms with Crippen molar-refractivity contribution in [3.05, 3.63) is 77.4 Å². The smallest absolute Gasteiger partial charge is 0.276 e. The SMILES string of the molecule is CCOc1ccc(NC(=O)c2ncn3c2C(=O)N(C2CC2)C(C)(C(=O)NCc2ccc(C)cc2)C3)cc1. The van der Waals surface area contributed by atoms with Crippen molar-refractivity contribution in [2.45, 2.75) is 58.3 Å². The molecular weight excluding hydrogens is 470 g/mol. The minimum atomic E-state index is -1.10. The Kier molecular flexibility index (Phi) is 6.45. The predicted octanol–water partition coefficient (Wildman–Crippen LogP) is 3.54. The zero-order valence-electron chi connectivity index (χ0n) is 21.3. The molecular formula is C28H31N5O4. The number of carbonyl (C=O) groups is 3. The van der Waals surface area contributed by atoms with Gasteiger partial charge in [-0.15, -0.1) is 0 Å². The molecule has 1 unspecified atom stereocenters. The number of amides is 3. The molecule has 1 atom stereocenters. The zero-order chi connectivity index (χ0) is 26.2. The summed E-state index contributed by atoms with van der Waals surface area (Å²) in [6.07, 6.45) is 3.12. The highest BCUT2D eigenvalue weighted by Gasteiger charge is 2.53. The van der Waals surface area contributed by atoms with Crippen molar-refractivity contribution >= 4 is 23.4 Å². The first-order valence-corrected chi connectivity index (χ1v) is 12.6. The third-order valence-electron chi connectivity index (χ3n) is 6.88. The van der Waals surface area contributed by atoms with E-state index in [0.717, 1.165) is 24.0 Å². The largest absolute Gasteiger partial charge is 0.494 e. The van der Waals surface area contributed by atoms with Gasteiger partial charge in [-0.25, -0.2) is 4.98 Å². The lowest BCUT2D eigenvalue weighted by atomic mass is 9.93. The summed E-state index contributed by atoms with van der Waals surface area (Å²) in [7, 11) is 0. The molecule has 1 saturated carbocycles. The molecule has 2 heterocycles. The summed E-state index contributed by atoms with van der Waals surface area (Å²) in [5, 5.41) is 5.82. The van der Waals surface area contributed by atoms with Gasteiger partial charge in [-0.2, -0.15) is 0 Å². The fourth-order valence-electron chi connectivity index (χ4n) is 4.79. The fraction of sp³-hybridized carbons (Fsp3) is 0.357. The highest BCUT2D eigenvalue weighted by molar-refractivity contribution is 6.11. The third-order valence-corrected chi connectivity index (χ3v) is 6.88. The van der Waals surface area contributed by atoms with Crippen LogP contribution < -0.4 is 15.4 Å². The molecule has 0 spiro atoms. The van der Waals surface area contributed by atoms with E-state index in [4.69, 9.17) is 4.74 Å². The number of hydrogen-bond acceptors (Lipinski definition) is 5. The maximum absolute atomic E-state index is 13.8. The summed E-state index contributed by atoms with van der Waals surface area (Å²) in [5.41, 5.74) is 1.86. The summed E-state index contributed by atoms with van der Waals surface area (Å²) in [6, 6.07) is 14.9.